The molecule has 0 bridgehead atoms. The third-order valence-corrected chi connectivity index (χ3v) is 6.80. The summed E-state index contributed by atoms with van der Waals surface area (Å²) in [5.41, 5.74) is 0. The van der Waals surface area contributed by atoms with Crippen molar-refractivity contribution in [2.75, 3.05) is 32.7 Å². The van der Waals surface area contributed by atoms with Crippen LogP contribution in [0, 0.1) is 0 Å². The van der Waals surface area contributed by atoms with Gasteiger partial charge in [-0.25, -0.2) is 4.79 Å². The van der Waals surface area contributed by atoms with Crippen molar-refractivity contribution in [3.8, 4) is 0 Å². The summed E-state index contributed by atoms with van der Waals surface area (Å²) in [6.07, 6.45) is 6.02. The van der Waals surface area contributed by atoms with Crippen molar-refractivity contribution in [3.63, 3.8) is 0 Å². The van der Waals surface area contributed by atoms with Crippen LogP contribution in [0.25, 0.3) is 0 Å². The predicted octanol–water partition coefficient (Wildman–Crippen LogP) is 3.45. The van der Waals surface area contributed by atoms with E-state index in [1.54, 1.807) is 11.3 Å². The molecule has 1 saturated carbocycles. The molecule has 1 aliphatic heterocycles. The number of carbonyl (C=O) groups excluding carboxylic acids is 1. The number of rotatable bonds is 6. The largest absolute Gasteiger partial charge is 0.335 e. The summed E-state index contributed by atoms with van der Waals surface area (Å²) in [4.78, 5) is 18.9. The zero-order valence-electron chi connectivity index (χ0n) is 16.2. The normalized spacial score (nSPS) is 22.7. The van der Waals surface area contributed by atoms with Crippen LogP contribution in [0.4, 0.5) is 4.79 Å². The van der Waals surface area contributed by atoms with Crippen molar-refractivity contribution in [2.24, 2.45) is 0 Å². The standard InChI is InChI=1S/C20H34N4OS/c1-3-23-11-13-24(14-12-23)19(18-10-7-15-26-18)16(2)21-20(25)22-17-8-5-4-6-9-17/h7,10,15-17,19H,3-6,8-9,11-14H2,1-2H3,(H2,21,22,25)/t16-,19+/m0/s1. The Kier molecular flexibility index (Phi) is 7.34. The highest BCUT2D eigenvalue weighted by Gasteiger charge is 2.30. The summed E-state index contributed by atoms with van der Waals surface area (Å²) in [5.74, 6) is 0. The molecule has 5 nitrogen and oxygen atoms in total. The van der Waals surface area contributed by atoms with Crippen molar-refractivity contribution in [3.05, 3.63) is 22.4 Å². The molecule has 6 heteroatoms. The van der Waals surface area contributed by atoms with Gasteiger partial charge in [-0.2, -0.15) is 0 Å². The first-order chi connectivity index (χ1) is 12.7. The Balaban J connectivity index is 1.60. The summed E-state index contributed by atoms with van der Waals surface area (Å²) < 4.78 is 0. The molecular formula is C20H34N4OS. The van der Waals surface area contributed by atoms with Crippen LogP contribution in [0.2, 0.25) is 0 Å². The Labute approximate surface area is 162 Å². The van der Waals surface area contributed by atoms with Crippen LogP contribution >= 0.6 is 11.3 Å². The molecule has 0 aromatic carbocycles. The number of hydrogen-bond acceptors (Lipinski definition) is 4. The lowest BCUT2D eigenvalue weighted by Gasteiger charge is -2.41. The van der Waals surface area contributed by atoms with E-state index in [4.69, 9.17) is 0 Å². The lowest BCUT2D eigenvalue weighted by molar-refractivity contribution is 0.0862. The van der Waals surface area contributed by atoms with Gasteiger partial charge in [0.25, 0.3) is 0 Å². The molecule has 2 amide bonds. The summed E-state index contributed by atoms with van der Waals surface area (Å²) in [5, 5.41) is 8.57. The Morgan fingerprint density at radius 2 is 1.96 bits per heavy atom. The number of nitrogens with zero attached hydrogens (tertiary/aromatic N) is 2. The molecule has 2 N–H and O–H groups in total. The van der Waals surface area contributed by atoms with Crippen LogP contribution in [0.15, 0.2) is 17.5 Å². The van der Waals surface area contributed by atoms with Gasteiger partial charge in [-0.15, -0.1) is 11.3 Å². The van der Waals surface area contributed by atoms with E-state index < -0.39 is 0 Å². The van der Waals surface area contributed by atoms with Gasteiger partial charge < -0.3 is 15.5 Å². The number of piperazine rings is 1. The number of carbonyl (C=O) groups is 1. The lowest BCUT2D eigenvalue weighted by Crippen LogP contribution is -2.54. The smallest absolute Gasteiger partial charge is 0.315 e. The summed E-state index contributed by atoms with van der Waals surface area (Å²) >= 11 is 1.80. The molecule has 146 valence electrons. The van der Waals surface area contributed by atoms with Crippen molar-refractivity contribution >= 4 is 17.4 Å². The molecular weight excluding hydrogens is 344 g/mol. The van der Waals surface area contributed by atoms with E-state index in [0.29, 0.717) is 6.04 Å². The molecule has 1 aliphatic carbocycles. The van der Waals surface area contributed by atoms with Crippen molar-refractivity contribution in [2.45, 2.75) is 64.1 Å². The summed E-state index contributed by atoms with van der Waals surface area (Å²) in [7, 11) is 0. The molecule has 3 rings (SSSR count). The quantitative estimate of drug-likeness (QED) is 0.797. The fourth-order valence-corrected chi connectivity index (χ4v) is 5.28. The number of thiophene rings is 1. The zero-order valence-corrected chi connectivity index (χ0v) is 17.1. The number of hydrogen-bond donors (Lipinski definition) is 2. The minimum Gasteiger partial charge on any atom is -0.335 e. The Morgan fingerprint density at radius 1 is 1.23 bits per heavy atom. The summed E-state index contributed by atoms with van der Waals surface area (Å²) in [6, 6.07) is 5.02. The second-order valence-electron chi connectivity index (χ2n) is 7.67. The highest BCUT2D eigenvalue weighted by molar-refractivity contribution is 7.10. The van der Waals surface area contributed by atoms with Crippen LogP contribution in [0.1, 0.15) is 56.9 Å². The Morgan fingerprint density at radius 3 is 2.58 bits per heavy atom. The minimum absolute atomic E-state index is 0.00171. The van der Waals surface area contributed by atoms with E-state index in [1.165, 1.54) is 24.1 Å². The van der Waals surface area contributed by atoms with Crippen LogP contribution < -0.4 is 10.6 Å². The Hall–Kier alpha value is -1.11. The first-order valence-corrected chi connectivity index (χ1v) is 11.1. The fourth-order valence-electron chi connectivity index (χ4n) is 4.32. The SMILES string of the molecule is CCN1CCN([C@@H](c2cccs2)[C@H](C)NC(=O)NC2CCCCC2)CC1. The van der Waals surface area contributed by atoms with Crippen molar-refractivity contribution in [1.29, 1.82) is 0 Å². The lowest BCUT2D eigenvalue weighted by atomic mass is 9.96. The number of urea groups is 1. The predicted molar refractivity (Wildman–Crippen MR) is 109 cm³/mol. The van der Waals surface area contributed by atoms with E-state index in [1.807, 2.05) is 0 Å². The van der Waals surface area contributed by atoms with Gasteiger partial charge in [0.1, 0.15) is 0 Å². The molecule has 1 aromatic rings. The van der Waals surface area contributed by atoms with Gasteiger partial charge in [0.15, 0.2) is 0 Å². The highest BCUT2D eigenvalue weighted by Crippen LogP contribution is 2.29. The van der Waals surface area contributed by atoms with E-state index in [9.17, 15) is 4.79 Å². The molecule has 2 heterocycles. The van der Waals surface area contributed by atoms with Gasteiger partial charge in [0.05, 0.1) is 6.04 Å². The van der Waals surface area contributed by atoms with Gasteiger partial charge in [0.2, 0.25) is 0 Å². The van der Waals surface area contributed by atoms with E-state index in [-0.39, 0.29) is 18.1 Å². The maximum Gasteiger partial charge on any atom is 0.315 e. The van der Waals surface area contributed by atoms with Gasteiger partial charge in [-0.3, -0.25) is 4.90 Å². The third-order valence-electron chi connectivity index (χ3n) is 5.85. The van der Waals surface area contributed by atoms with Gasteiger partial charge in [0, 0.05) is 43.1 Å². The minimum atomic E-state index is -0.00171. The second kappa shape index (κ2) is 9.72. The van der Waals surface area contributed by atoms with E-state index in [0.717, 1.165) is 45.6 Å². The van der Waals surface area contributed by atoms with E-state index in [2.05, 4.69) is 51.8 Å². The molecule has 2 atom stereocenters. The molecule has 0 unspecified atom stereocenters. The summed E-state index contributed by atoms with van der Waals surface area (Å²) in [6.45, 7) is 9.84. The fraction of sp³-hybridized carbons (Fsp3) is 0.750. The maximum atomic E-state index is 12.5. The van der Waals surface area contributed by atoms with Crippen LogP contribution in [-0.4, -0.2) is 60.6 Å². The van der Waals surface area contributed by atoms with Gasteiger partial charge >= 0.3 is 6.03 Å². The zero-order chi connectivity index (χ0) is 18.4. The molecule has 2 fully saturated rings. The van der Waals surface area contributed by atoms with Crippen molar-refractivity contribution < 1.29 is 4.79 Å². The van der Waals surface area contributed by atoms with Gasteiger partial charge in [-0.05, 0) is 37.8 Å². The van der Waals surface area contributed by atoms with Crippen LogP contribution in [0.3, 0.4) is 0 Å². The maximum absolute atomic E-state index is 12.5. The molecule has 2 aliphatic rings. The van der Waals surface area contributed by atoms with E-state index >= 15 is 0 Å². The first-order valence-electron chi connectivity index (χ1n) is 10.2. The monoisotopic (exact) mass is 378 g/mol. The second-order valence-corrected chi connectivity index (χ2v) is 8.65. The van der Waals surface area contributed by atoms with Crippen LogP contribution in [-0.2, 0) is 0 Å². The molecule has 1 aromatic heterocycles. The number of likely N-dealkylation sites (N-methyl/N-ethyl adjacent to an activating group) is 1. The molecule has 26 heavy (non-hydrogen) atoms. The number of nitrogens with one attached hydrogen (secondary N) is 2. The number of amides is 2. The molecule has 0 radical (unpaired) electrons. The molecule has 0 spiro atoms. The molecule has 1 saturated heterocycles. The van der Waals surface area contributed by atoms with Gasteiger partial charge in [-0.1, -0.05) is 32.3 Å². The Bertz CT molecular complexity index is 536. The first kappa shape index (κ1) is 19.6. The topological polar surface area (TPSA) is 47.6 Å². The third kappa shape index (κ3) is 5.21. The van der Waals surface area contributed by atoms with Crippen molar-refractivity contribution in [1.82, 2.24) is 20.4 Å². The average molecular weight is 379 g/mol. The highest BCUT2D eigenvalue weighted by atomic mass is 32.1. The average Bonchev–Trinajstić information content (AvgIpc) is 3.17. The van der Waals surface area contributed by atoms with Crippen LogP contribution in [0.5, 0.6) is 0 Å².